The van der Waals surface area contributed by atoms with Crippen LogP contribution in [0.25, 0.3) is 10.9 Å². The average Bonchev–Trinajstić information content (AvgIpc) is 2.53. The maximum atomic E-state index is 11.9. The first-order valence-corrected chi connectivity index (χ1v) is 6.83. The van der Waals surface area contributed by atoms with Crippen LogP contribution in [-0.2, 0) is 6.61 Å². The lowest BCUT2D eigenvalue weighted by atomic mass is 10.2. The molecule has 0 radical (unpaired) electrons. The van der Waals surface area contributed by atoms with Crippen LogP contribution in [0.3, 0.4) is 0 Å². The summed E-state index contributed by atoms with van der Waals surface area (Å²) in [6, 6.07) is 13.1. The summed E-state index contributed by atoms with van der Waals surface area (Å²) in [5.74, 6) is 1.33. The average molecular weight is 297 g/mol. The Hall–Kier alpha value is -2.82. The third kappa shape index (κ3) is 2.79. The molecule has 0 atom stereocenters. The van der Waals surface area contributed by atoms with Gasteiger partial charge in [0, 0.05) is 19.1 Å². The molecule has 0 saturated heterocycles. The zero-order valence-electron chi connectivity index (χ0n) is 12.3. The molecule has 0 spiro atoms. The van der Waals surface area contributed by atoms with Crippen molar-refractivity contribution in [2.24, 2.45) is 0 Å². The first-order valence-electron chi connectivity index (χ1n) is 6.83. The van der Waals surface area contributed by atoms with Gasteiger partial charge in [-0.2, -0.15) is 0 Å². The first-order chi connectivity index (χ1) is 10.7. The largest absolute Gasteiger partial charge is 0.493 e. The SMILES string of the molecule is COc1cc2c(=O)oc(C)nc2cc1OCc1ccccc1. The number of methoxy groups -OCH3 is 1. The van der Waals surface area contributed by atoms with E-state index in [1.807, 2.05) is 30.3 Å². The van der Waals surface area contributed by atoms with Crippen molar-refractivity contribution >= 4 is 10.9 Å². The molecule has 1 aromatic heterocycles. The van der Waals surface area contributed by atoms with Gasteiger partial charge in [0.2, 0.25) is 0 Å². The summed E-state index contributed by atoms with van der Waals surface area (Å²) in [5, 5.41) is 0.370. The van der Waals surface area contributed by atoms with Crippen LogP contribution in [0.2, 0.25) is 0 Å². The van der Waals surface area contributed by atoms with Gasteiger partial charge >= 0.3 is 5.63 Å². The third-order valence-electron chi connectivity index (χ3n) is 3.26. The van der Waals surface area contributed by atoms with E-state index in [1.54, 1.807) is 19.1 Å². The standard InChI is InChI=1S/C17H15NO4/c1-11-18-14-9-16(21-10-12-6-4-3-5-7-12)15(20-2)8-13(14)17(19)22-11/h3-9H,10H2,1-2H3. The zero-order chi connectivity index (χ0) is 15.5. The minimum atomic E-state index is -0.435. The summed E-state index contributed by atoms with van der Waals surface area (Å²) in [4.78, 5) is 16.1. The zero-order valence-corrected chi connectivity index (χ0v) is 12.3. The molecular formula is C17H15NO4. The molecule has 0 N–H and O–H groups in total. The smallest absolute Gasteiger partial charge is 0.346 e. The first kappa shape index (κ1) is 14.1. The summed E-state index contributed by atoms with van der Waals surface area (Å²) in [7, 11) is 1.53. The minimum Gasteiger partial charge on any atom is -0.493 e. The predicted molar refractivity (Wildman–Crippen MR) is 82.3 cm³/mol. The number of fused-ring (bicyclic) bond motifs is 1. The van der Waals surface area contributed by atoms with Crippen molar-refractivity contribution in [3.63, 3.8) is 0 Å². The fraction of sp³-hybridized carbons (Fsp3) is 0.176. The van der Waals surface area contributed by atoms with E-state index in [-0.39, 0.29) is 0 Å². The lowest BCUT2D eigenvalue weighted by Crippen LogP contribution is -2.05. The molecule has 0 fully saturated rings. The summed E-state index contributed by atoms with van der Waals surface area (Å²) in [6.07, 6.45) is 0. The van der Waals surface area contributed by atoms with Crippen LogP contribution in [0.1, 0.15) is 11.5 Å². The van der Waals surface area contributed by atoms with E-state index >= 15 is 0 Å². The van der Waals surface area contributed by atoms with Crippen molar-refractivity contribution in [1.29, 1.82) is 0 Å². The van der Waals surface area contributed by atoms with Gasteiger partial charge in [-0.05, 0) is 5.56 Å². The van der Waals surface area contributed by atoms with Crippen LogP contribution in [0.4, 0.5) is 0 Å². The van der Waals surface area contributed by atoms with Gasteiger partial charge in [-0.1, -0.05) is 30.3 Å². The molecule has 0 bridgehead atoms. The van der Waals surface area contributed by atoms with Crippen LogP contribution in [-0.4, -0.2) is 12.1 Å². The number of hydrogen-bond donors (Lipinski definition) is 0. The lowest BCUT2D eigenvalue weighted by Gasteiger charge is -2.11. The third-order valence-corrected chi connectivity index (χ3v) is 3.26. The van der Waals surface area contributed by atoms with Gasteiger partial charge in [0.25, 0.3) is 0 Å². The van der Waals surface area contributed by atoms with E-state index in [0.717, 1.165) is 5.56 Å². The molecule has 5 heteroatoms. The van der Waals surface area contributed by atoms with Crippen LogP contribution in [0.15, 0.2) is 51.7 Å². The Labute approximate surface area is 127 Å². The number of hydrogen-bond acceptors (Lipinski definition) is 5. The number of rotatable bonds is 4. The highest BCUT2D eigenvalue weighted by atomic mass is 16.5. The van der Waals surface area contributed by atoms with Gasteiger partial charge in [-0.3, -0.25) is 0 Å². The van der Waals surface area contributed by atoms with E-state index < -0.39 is 5.63 Å². The molecule has 3 rings (SSSR count). The van der Waals surface area contributed by atoms with Crippen LogP contribution in [0, 0.1) is 6.92 Å². The lowest BCUT2D eigenvalue weighted by molar-refractivity contribution is 0.285. The Kier molecular flexibility index (Phi) is 3.78. The van der Waals surface area contributed by atoms with Crippen molar-refractivity contribution in [3.8, 4) is 11.5 Å². The van der Waals surface area contributed by atoms with Crippen molar-refractivity contribution in [3.05, 3.63) is 64.3 Å². The molecule has 3 aromatic rings. The highest BCUT2D eigenvalue weighted by Crippen LogP contribution is 2.31. The molecular weight excluding hydrogens is 282 g/mol. The van der Waals surface area contributed by atoms with Crippen molar-refractivity contribution in [1.82, 2.24) is 4.98 Å². The molecule has 5 nitrogen and oxygen atoms in total. The number of aromatic nitrogens is 1. The maximum Gasteiger partial charge on any atom is 0.346 e. The van der Waals surface area contributed by atoms with Crippen molar-refractivity contribution < 1.29 is 13.9 Å². The number of nitrogens with zero attached hydrogens (tertiary/aromatic N) is 1. The second-order valence-electron chi connectivity index (χ2n) is 4.81. The van der Waals surface area contributed by atoms with Crippen LogP contribution >= 0.6 is 0 Å². The van der Waals surface area contributed by atoms with Crippen LogP contribution < -0.4 is 15.1 Å². The maximum absolute atomic E-state index is 11.9. The second-order valence-corrected chi connectivity index (χ2v) is 4.81. The highest BCUT2D eigenvalue weighted by Gasteiger charge is 2.12. The normalized spacial score (nSPS) is 10.6. The Morgan fingerprint density at radius 2 is 1.91 bits per heavy atom. The van der Waals surface area contributed by atoms with E-state index in [2.05, 4.69) is 4.98 Å². The fourth-order valence-electron chi connectivity index (χ4n) is 2.19. The Balaban J connectivity index is 1.99. The van der Waals surface area contributed by atoms with Gasteiger partial charge in [-0.15, -0.1) is 0 Å². The van der Waals surface area contributed by atoms with Gasteiger partial charge < -0.3 is 13.9 Å². The predicted octanol–water partition coefficient (Wildman–Crippen LogP) is 3.08. The Bertz CT molecular complexity index is 856. The molecule has 0 aliphatic rings. The summed E-state index contributed by atoms with van der Waals surface area (Å²) in [5.41, 5.74) is 1.13. The van der Waals surface area contributed by atoms with E-state index in [4.69, 9.17) is 13.9 Å². The summed E-state index contributed by atoms with van der Waals surface area (Å²) >= 11 is 0. The van der Waals surface area contributed by atoms with Crippen LogP contribution in [0.5, 0.6) is 11.5 Å². The molecule has 2 aromatic carbocycles. The number of benzene rings is 2. The second kappa shape index (κ2) is 5.89. The molecule has 1 heterocycles. The number of aryl methyl sites for hydroxylation is 1. The van der Waals surface area contributed by atoms with Gasteiger partial charge in [0.05, 0.1) is 18.0 Å². The minimum absolute atomic E-state index is 0.316. The summed E-state index contributed by atoms with van der Waals surface area (Å²) < 4.78 is 16.1. The molecule has 0 aliphatic heterocycles. The van der Waals surface area contributed by atoms with Gasteiger partial charge in [0.1, 0.15) is 6.61 Å². The van der Waals surface area contributed by atoms with Crippen molar-refractivity contribution in [2.75, 3.05) is 7.11 Å². The highest BCUT2D eigenvalue weighted by molar-refractivity contribution is 5.81. The monoisotopic (exact) mass is 297 g/mol. The molecule has 112 valence electrons. The topological polar surface area (TPSA) is 61.6 Å². The van der Waals surface area contributed by atoms with E-state index in [1.165, 1.54) is 7.11 Å². The van der Waals surface area contributed by atoms with Gasteiger partial charge in [-0.25, -0.2) is 9.78 Å². The molecule has 0 aliphatic carbocycles. The molecule has 0 unspecified atom stereocenters. The molecule has 0 amide bonds. The quantitative estimate of drug-likeness (QED) is 0.740. The Morgan fingerprint density at radius 1 is 1.14 bits per heavy atom. The van der Waals surface area contributed by atoms with E-state index in [9.17, 15) is 4.79 Å². The summed E-state index contributed by atoms with van der Waals surface area (Å²) in [6.45, 7) is 2.04. The number of ether oxygens (including phenoxy) is 2. The molecule has 0 saturated carbocycles. The van der Waals surface area contributed by atoms with E-state index in [0.29, 0.717) is 34.9 Å². The molecule has 22 heavy (non-hydrogen) atoms. The van der Waals surface area contributed by atoms with Crippen molar-refractivity contribution in [2.45, 2.75) is 13.5 Å². The fourth-order valence-corrected chi connectivity index (χ4v) is 2.19. The van der Waals surface area contributed by atoms with Gasteiger partial charge in [0.15, 0.2) is 17.4 Å². The Morgan fingerprint density at radius 3 is 2.64 bits per heavy atom.